The van der Waals surface area contributed by atoms with E-state index in [9.17, 15) is 22.8 Å². The maximum absolute atomic E-state index is 13.2. The van der Waals surface area contributed by atoms with Crippen LogP contribution in [0.1, 0.15) is 96.0 Å². The second-order valence-corrected chi connectivity index (χ2v) is 11.2. The van der Waals surface area contributed by atoms with Crippen LogP contribution < -0.4 is 15.1 Å². The summed E-state index contributed by atoms with van der Waals surface area (Å²) in [5, 5.41) is 0.568. The van der Waals surface area contributed by atoms with Gasteiger partial charge in [-0.25, -0.2) is 9.59 Å². The molecule has 3 rings (SSSR count). The average molecular weight is 631 g/mol. The van der Waals surface area contributed by atoms with Crippen molar-refractivity contribution in [2.45, 2.75) is 103 Å². The summed E-state index contributed by atoms with van der Waals surface area (Å²) in [6.45, 7) is 6.43. The van der Waals surface area contributed by atoms with Crippen LogP contribution in [0.3, 0.4) is 0 Å². The Morgan fingerprint density at radius 3 is 2.13 bits per heavy atom. The van der Waals surface area contributed by atoms with E-state index in [1.165, 1.54) is 50.0 Å². The number of hydrogen-bond acceptors (Lipinski definition) is 6. The molecule has 0 aliphatic heterocycles. The van der Waals surface area contributed by atoms with Crippen LogP contribution >= 0.6 is 0 Å². The first kappa shape index (κ1) is 35.7. The molecular weight excluding hydrogens is 585 g/mol. The van der Waals surface area contributed by atoms with E-state index >= 15 is 0 Å². The number of halogens is 3. The second kappa shape index (κ2) is 18.9. The zero-order valence-corrected chi connectivity index (χ0v) is 26.2. The Bertz CT molecular complexity index is 1410. The summed E-state index contributed by atoms with van der Waals surface area (Å²) in [6, 6.07) is 11.2. The Balaban J connectivity index is 1.45. The molecule has 1 heterocycles. The molecule has 0 aliphatic carbocycles. The Kier molecular flexibility index (Phi) is 15.0. The molecule has 0 unspecified atom stereocenters. The maximum Gasteiger partial charge on any atom is 0.573 e. The lowest BCUT2D eigenvalue weighted by Gasteiger charge is -2.15. The molecule has 0 fully saturated rings. The van der Waals surface area contributed by atoms with E-state index in [2.05, 4.69) is 18.2 Å². The first-order valence-electron chi connectivity index (χ1n) is 16.1. The highest BCUT2D eigenvalue weighted by molar-refractivity contribution is 5.84. The lowest BCUT2D eigenvalue weighted by molar-refractivity contribution is -0.274. The number of rotatable bonds is 21. The minimum absolute atomic E-state index is 0.00192. The van der Waals surface area contributed by atoms with Crippen LogP contribution in [0, 0.1) is 0 Å². The molecule has 9 heteroatoms. The molecule has 0 spiro atoms. The minimum Gasteiger partial charge on any atom is -0.493 e. The van der Waals surface area contributed by atoms with Crippen LogP contribution in [0.5, 0.6) is 11.5 Å². The predicted octanol–water partition coefficient (Wildman–Crippen LogP) is 10.1. The molecule has 0 atom stereocenters. The van der Waals surface area contributed by atoms with Crippen molar-refractivity contribution in [1.29, 1.82) is 0 Å². The number of unbranched alkanes of at least 4 members (excludes halogenated alkanes) is 11. The quantitative estimate of drug-likeness (QED) is 0.0505. The minimum atomic E-state index is -4.90. The number of aryl methyl sites for hydroxylation is 1. The van der Waals surface area contributed by atoms with Gasteiger partial charge in [0, 0.05) is 23.1 Å². The van der Waals surface area contributed by atoms with Gasteiger partial charge in [-0.15, -0.1) is 13.2 Å². The standard InChI is InChI=1S/C36H45F3O6/c1-3-5-14-17-27-18-21-30(33(24-27)45-36(37,38)39)31-25-28-19-20-29(26-32(28)44-35(31)41)42-22-15-12-10-8-6-7-9-11-13-16-23-43-34(40)4-2/h4,18-21,24-26H,2-3,5-17,22-23H2,1H3. The summed E-state index contributed by atoms with van der Waals surface area (Å²) in [5.74, 6) is -0.212. The Labute approximate surface area is 263 Å². The zero-order valence-electron chi connectivity index (χ0n) is 26.2. The number of fused-ring (bicyclic) bond motifs is 1. The molecule has 0 bridgehead atoms. The fraction of sp³-hybridized carbons (Fsp3) is 0.500. The molecule has 6 nitrogen and oxygen atoms in total. The lowest BCUT2D eigenvalue weighted by atomic mass is 10.00. The molecular formula is C36H45F3O6. The van der Waals surface area contributed by atoms with Gasteiger partial charge in [0.2, 0.25) is 0 Å². The summed E-state index contributed by atoms with van der Waals surface area (Å²) in [5.41, 5.74) is 0.300. The topological polar surface area (TPSA) is 75.0 Å². The number of benzene rings is 2. The summed E-state index contributed by atoms with van der Waals surface area (Å²) in [4.78, 5) is 23.9. The first-order valence-corrected chi connectivity index (χ1v) is 16.1. The molecule has 0 saturated heterocycles. The summed E-state index contributed by atoms with van der Waals surface area (Å²) >= 11 is 0. The molecule has 45 heavy (non-hydrogen) atoms. The van der Waals surface area contributed by atoms with E-state index < -0.39 is 17.7 Å². The van der Waals surface area contributed by atoms with Crippen LogP contribution in [0.4, 0.5) is 13.2 Å². The van der Waals surface area contributed by atoms with Gasteiger partial charge < -0.3 is 18.6 Å². The Morgan fingerprint density at radius 2 is 1.49 bits per heavy atom. The van der Waals surface area contributed by atoms with Crippen LogP contribution in [-0.2, 0) is 16.0 Å². The normalized spacial score (nSPS) is 11.5. The summed E-state index contributed by atoms with van der Waals surface area (Å²) < 4.78 is 60.4. The lowest BCUT2D eigenvalue weighted by Crippen LogP contribution is -2.18. The van der Waals surface area contributed by atoms with Crippen molar-refractivity contribution < 1.29 is 36.6 Å². The van der Waals surface area contributed by atoms with E-state index in [0.717, 1.165) is 57.8 Å². The molecule has 246 valence electrons. The van der Waals surface area contributed by atoms with E-state index in [0.29, 0.717) is 41.9 Å². The number of carbonyl (C=O) groups excluding carboxylic acids is 1. The van der Waals surface area contributed by atoms with E-state index in [1.807, 2.05) is 0 Å². The van der Waals surface area contributed by atoms with Crippen LogP contribution in [0.2, 0.25) is 0 Å². The van der Waals surface area contributed by atoms with Crippen LogP contribution in [0.25, 0.3) is 22.1 Å². The van der Waals surface area contributed by atoms with Gasteiger partial charge in [0.1, 0.15) is 17.1 Å². The van der Waals surface area contributed by atoms with Crippen molar-refractivity contribution in [2.24, 2.45) is 0 Å². The third-order valence-corrected chi connectivity index (χ3v) is 7.56. The highest BCUT2D eigenvalue weighted by Gasteiger charge is 2.33. The van der Waals surface area contributed by atoms with Gasteiger partial charge >= 0.3 is 18.0 Å². The average Bonchev–Trinajstić information content (AvgIpc) is 3.00. The first-order chi connectivity index (χ1) is 21.7. The van der Waals surface area contributed by atoms with Crippen molar-refractivity contribution in [3.05, 3.63) is 71.1 Å². The number of alkyl halides is 3. The highest BCUT2D eigenvalue weighted by atomic mass is 19.4. The summed E-state index contributed by atoms with van der Waals surface area (Å²) in [6.07, 6.45) is 10.7. The maximum atomic E-state index is 13.2. The Morgan fingerprint density at radius 1 is 0.822 bits per heavy atom. The monoisotopic (exact) mass is 630 g/mol. The third kappa shape index (κ3) is 13.0. The van der Waals surface area contributed by atoms with Crippen molar-refractivity contribution in [3.8, 4) is 22.6 Å². The molecule has 0 amide bonds. The molecule has 0 aliphatic rings. The van der Waals surface area contributed by atoms with Gasteiger partial charge in [-0.3, -0.25) is 0 Å². The van der Waals surface area contributed by atoms with Crippen LogP contribution in [-0.4, -0.2) is 25.5 Å². The second-order valence-electron chi connectivity index (χ2n) is 11.2. The summed E-state index contributed by atoms with van der Waals surface area (Å²) in [7, 11) is 0. The predicted molar refractivity (Wildman–Crippen MR) is 171 cm³/mol. The van der Waals surface area contributed by atoms with Gasteiger partial charge in [-0.1, -0.05) is 89.8 Å². The van der Waals surface area contributed by atoms with Crippen molar-refractivity contribution in [1.82, 2.24) is 0 Å². The molecule has 2 aromatic carbocycles. The van der Waals surface area contributed by atoms with Gasteiger partial charge in [-0.05, 0) is 55.5 Å². The van der Waals surface area contributed by atoms with E-state index in [1.54, 1.807) is 24.3 Å². The van der Waals surface area contributed by atoms with Crippen molar-refractivity contribution in [2.75, 3.05) is 13.2 Å². The molecule has 0 N–H and O–H groups in total. The van der Waals surface area contributed by atoms with Gasteiger partial charge in [0.25, 0.3) is 0 Å². The smallest absolute Gasteiger partial charge is 0.493 e. The van der Waals surface area contributed by atoms with Gasteiger partial charge in [-0.2, -0.15) is 0 Å². The molecule has 3 aromatic rings. The van der Waals surface area contributed by atoms with Gasteiger partial charge in [0.15, 0.2) is 0 Å². The van der Waals surface area contributed by atoms with Crippen LogP contribution in [0.15, 0.2) is 64.3 Å². The number of esters is 1. The van der Waals surface area contributed by atoms with E-state index in [4.69, 9.17) is 13.9 Å². The van der Waals surface area contributed by atoms with E-state index in [-0.39, 0.29) is 17.1 Å². The molecule has 1 aromatic heterocycles. The van der Waals surface area contributed by atoms with Gasteiger partial charge in [0.05, 0.1) is 18.8 Å². The number of ether oxygens (including phenoxy) is 3. The van der Waals surface area contributed by atoms with Crippen molar-refractivity contribution >= 4 is 16.9 Å². The fourth-order valence-corrected chi connectivity index (χ4v) is 5.14. The Hall–Kier alpha value is -3.75. The SMILES string of the molecule is C=CC(=O)OCCCCCCCCCCCCOc1ccc2cc(-c3ccc(CCCCC)cc3OC(F)(F)F)c(=O)oc2c1. The number of carbonyl (C=O) groups is 1. The third-order valence-electron chi connectivity index (χ3n) is 7.56. The molecule has 0 saturated carbocycles. The number of hydrogen-bond donors (Lipinski definition) is 0. The fourth-order valence-electron chi connectivity index (χ4n) is 5.14. The molecule has 0 radical (unpaired) electrons. The largest absolute Gasteiger partial charge is 0.573 e. The van der Waals surface area contributed by atoms with Crippen molar-refractivity contribution in [3.63, 3.8) is 0 Å². The zero-order chi connectivity index (χ0) is 32.5. The highest BCUT2D eigenvalue weighted by Crippen LogP contribution is 2.35.